The highest BCUT2D eigenvalue weighted by Crippen LogP contribution is 2.35. The molecule has 2 rings (SSSR count). The summed E-state index contributed by atoms with van der Waals surface area (Å²) in [6, 6.07) is 0. The van der Waals surface area contributed by atoms with Crippen molar-refractivity contribution in [1.29, 1.82) is 0 Å². The van der Waals surface area contributed by atoms with E-state index < -0.39 is 0 Å². The van der Waals surface area contributed by atoms with E-state index in [4.69, 9.17) is 0 Å². The SMILES string of the molecule is Cc1nc(C2CCSC2)sc1C=O. The Morgan fingerprint density at radius 1 is 1.62 bits per heavy atom. The third-order valence-electron chi connectivity index (χ3n) is 2.23. The molecule has 1 unspecified atom stereocenters. The molecule has 2 nitrogen and oxygen atoms in total. The van der Waals surface area contributed by atoms with Crippen LogP contribution in [0.15, 0.2) is 0 Å². The highest BCUT2D eigenvalue weighted by molar-refractivity contribution is 7.99. The molecule has 0 amide bonds. The number of aromatic nitrogens is 1. The molecule has 0 aromatic carbocycles. The maximum Gasteiger partial charge on any atom is 0.161 e. The molecule has 0 bridgehead atoms. The molecule has 0 spiro atoms. The standard InChI is InChI=1S/C9H11NOS2/c1-6-8(4-11)13-9(10-6)7-2-3-12-5-7/h4,7H,2-3,5H2,1H3. The van der Waals surface area contributed by atoms with Gasteiger partial charge in [-0.2, -0.15) is 11.8 Å². The minimum atomic E-state index is 0.599. The van der Waals surface area contributed by atoms with E-state index in [1.165, 1.54) is 17.9 Å². The summed E-state index contributed by atoms with van der Waals surface area (Å²) >= 11 is 3.54. The van der Waals surface area contributed by atoms with E-state index in [-0.39, 0.29) is 0 Å². The van der Waals surface area contributed by atoms with Crippen LogP contribution in [0.4, 0.5) is 0 Å². The first-order valence-electron chi connectivity index (χ1n) is 4.31. The van der Waals surface area contributed by atoms with E-state index in [9.17, 15) is 4.79 Å². The van der Waals surface area contributed by atoms with Crippen molar-refractivity contribution in [1.82, 2.24) is 4.98 Å². The van der Waals surface area contributed by atoms with E-state index >= 15 is 0 Å². The molecular weight excluding hydrogens is 202 g/mol. The lowest BCUT2D eigenvalue weighted by Gasteiger charge is -2.00. The molecule has 4 heteroatoms. The predicted molar refractivity (Wildman–Crippen MR) is 56.9 cm³/mol. The summed E-state index contributed by atoms with van der Waals surface area (Å²) in [5.41, 5.74) is 0.895. The second-order valence-electron chi connectivity index (χ2n) is 3.18. The van der Waals surface area contributed by atoms with Gasteiger partial charge in [0.2, 0.25) is 0 Å². The Labute approximate surface area is 85.8 Å². The summed E-state index contributed by atoms with van der Waals surface area (Å²) in [4.78, 5) is 15.9. The molecule has 70 valence electrons. The summed E-state index contributed by atoms with van der Waals surface area (Å²) in [6.45, 7) is 1.91. The van der Waals surface area contributed by atoms with Crippen molar-refractivity contribution in [2.45, 2.75) is 19.3 Å². The van der Waals surface area contributed by atoms with Crippen molar-refractivity contribution >= 4 is 29.4 Å². The Balaban J connectivity index is 2.24. The summed E-state index contributed by atoms with van der Waals surface area (Å²) in [5.74, 6) is 3.01. The zero-order valence-corrected chi connectivity index (χ0v) is 9.08. The monoisotopic (exact) mass is 213 g/mol. The number of rotatable bonds is 2. The van der Waals surface area contributed by atoms with Crippen LogP contribution in [0.1, 0.15) is 32.7 Å². The number of aryl methyl sites for hydroxylation is 1. The third kappa shape index (κ3) is 1.79. The quantitative estimate of drug-likeness (QED) is 0.707. The van der Waals surface area contributed by atoms with Crippen LogP contribution in [0.3, 0.4) is 0 Å². The number of nitrogens with zero attached hydrogens (tertiary/aromatic N) is 1. The van der Waals surface area contributed by atoms with Crippen LogP contribution >= 0.6 is 23.1 Å². The van der Waals surface area contributed by atoms with Crippen LogP contribution in [0, 0.1) is 6.92 Å². The first-order chi connectivity index (χ1) is 6.31. The highest BCUT2D eigenvalue weighted by Gasteiger charge is 2.21. The first kappa shape index (κ1) is 9.21. The summed E-state index contributed by atoms with van der Waals surface area (Å²) in [7, 11) is 0. The number of aldehydes is 1. The van der Waals surface area contributed by atoms with Crippen LogP contribution in [0.2, 0.25) is 0 Å². The Morgan fingerprint density at radius 2 is 2.46 bits per heavy atom. The molecule has 0 N–H and O–H groups in total. The van der Waals surface area contributed by atoms with Gasteiger partial charge in [-0.15, -0.1) is 11.3 Å². The molecule has 13 heavy (non-hydrogen) atoms. The Hall–Kier alpha value is -0.350. The largest absolute Gasteiger partial charge is 0.297 e. The van der Waals surface area contributed by atoms with E-state index in [1.807, 2.05) is 18.7 Å². The van der Waals surface area contributed by atoms with Gasteiger partial charge in [0.1, 0.15) is 0 Å². The van der Waals surface area contributed by atoms with Gasteiger partial charge in [0.15, 0.2) is 6.29 Å². The van der Waals surface area contributed by atoms with Gasteiger partial charge in [0.05, 0.1) is 15.6 Å². The normalized spacial score (nSPS) is 22.1. The number of carbonyl (C=O) groups is 1. The second kappa shape index (κ2) is 3.80. The lowest BCUT2D eigenvalue weighted by molar-refractivity contribution is 0.112. The van der Waals surface area contributed by atoms with Gasteiger partial charge in [-0.1, -0.05) is 0 Å². The molecule has 0 radical (unpaired) electrons. The summed E-state index contributed by atoms with van der Waals surface area (Å²) in [5, 5.41) is 1.16. The summed E-state index contributed by atoms with van der Waals surface area (Å²) < 4.78 is 0. The summed E-state index contributed by atoms with van der Waals surface area (Å²) in [6.07, 6.45) is 2.13. The van der Waals surface area contributed by atoms with Crippen molar-refractivity contribution in [2.75, 3.05) is 11.5 Å². The Morgan fingerprint density at radius 3 is 3.00 bits per heavy atom. The second-order valence-corrected chi connectivity index (χ2v) is 5.39. The van der Waals surface area contributed by atoms with Crippen LogP contribution in [0.5, 0.6) is 0 Å². The van der Waals surface area contributed by atoms with E-state index in [1.54, 1.807) is 11.3 Å². The van der Waals surface area contributed by atoms with Gasteiger partial charge < -0.3 is 0 Å². The predicted octanol–water partition coefficient (Wildman–Crippen LogP) is 2.48. The van der Waals surface area contributed by atoms with E-state index in [0.717, 1.165) is 21.9 Å². The van der Waals surface area contributed by atoms with Gasteiger partial charge >= 0.3 is 0 Å². The lowest BCUT2D eigenvalue weighted by atomic mass is 10.1. The lowest BCUT2D eigenvalue weighted by Crippen LogP contribution is -1.94. The molecule has 1 fully saturated rings. The maximum atomic E-state index is 10.6. The topological polar surface area (TPSA) is 30.0 Å². The minimum Gasteiger partial charge on any atom is -0.297 e. The van der Waals surface area contributed by atoms with Crippen molar-refractivity contribution in [2.24, 2.45) is 0 Å². The molecule has 2 heterocycles. The van der Waals surface area contributed by atoms with Crippen LogP contribution in [0.25, 0.3) is 0 Å². The van der Waals surface area contributed by atoms with Gasteiger partial charge in [-0.25, -0.2) is 4.98 Å². The Bertz CT molecular complexity index is 315. The van der Waals surface area contributed by atoms with Crippen molar-refractivity contribution in [3.8, 4) is 0 Å². The van der Waals surface area contributed by atoms with E-state index in [0.29, 0.717) is 5.92 Å². The number of thioether (sulfide) groups is 1. The number of hydrogen-bond acceptors (Lipinski definition) is 4. The average Bonchev–Trinajstić information content (AvgIpc) is 2.71. The maximum absolute atomic E-state index is 10.6. The zero-order chi connectivity index (χ0) is 9.26. The molecule has 1 saturated heterocycles. The van der Waals surface area contributed by atoms with Crippen molar-refractivity contribution in [3.05, 3.63) is 15.6 Å². The van der Waals surface area contributed by atoms with Gasteiger partial charge in [-0.05, 0) is 19.1 Å². The Kier molecular flexibility index (Phi) is 2.69. The van der Waals surface area contributed by atoms with Crippen molar-refractivity contribution < 1.29 is 4.79 Å². The third-order valence-corrected chi connectivity index (χ3v) is 4.64. The van der Waals surface area contributed by atoms with Crippen LogP contribution < -0.4 is 0 Å². The van der Waals surface area contributed by atoms with Gasteiger partial charge in [0, 0.05) is 11.7 Å². The number of hydrogen-bond donors (Lipinski definition) is 0. The van der Waals surface area contributed by atoms with Crippen LogP contribution in [-0.4, -0.2) is 22.8 Å². The number of thiazole rings is 1. The average molecular weight is 213 g/mol. The molecule has 1 aliphatic heterocycles. The minimum absolute atomic E-state index is 0.599. The fraction of sp³-hybridized carbons (Fsp3) is 0.556. The molecular formula is C9H11NOS2. The van der Waals surface area contributed by atoms with Gasteiger partial charge in [-0.3, -0.25) is 4.79 Å². The molecule has 1 aliphatic rings. The molecule has 0 aliphatic carbocycles. The fourth-order valence-corrected chi connectivity index (χ4v) is 3.79. The van der Waals surface area contributed by atoms with Crippen LogP contribution in [-0.2, 0) is 0 Å². The fourth-order valence-electron chi connectivity index (χ4n) is 1.44. The number of carbonyl (C=O) groups excluding carboxylic acids is 1. The van der Waals surface area contributed by atoms with Gasteiger partial charge in [0.25, 0.3) is 0 Å². The van der Waals surface area contributed by atoms with Crippen molar-refractivity contribution in [3.63, 3.8) is 0 Å². The highest BCUT2D eigenvalue weighted by atomic mass is 32.2. The molecule has 1 aromatic heterocycles. The smallest absolute Gasteiger partial charge is 0.161 e. The molecule has 0 saturated carbocycles. The first-order valence-corrected chi connectivity index (χ1v) is 6.28. The van der Waals surface area contributed by atoms with E-state index in [2.05, 4.69) is 4.98 Å². The molecule has 1 atom stereocenters. The molecule has 1 aromatic rings. The zero-order valence-electron chi connectivity index (χ0n) is 7.45.